The lowest BCUT2D eigenvalue weighted by Crippen LogP contribution is -2.41. The van der Waals surface area contributed by atoms with Gasteiger partial charge in [0.15, 0.2) is 6.61 Å². The quantitative estimate of drug-likeness (QED) is 0.716. The average Bonchev–Trinajstić information content (AvgIpc) is 3.22. The van der Waals surface area contributed by atoms with Crippen LogP contribution in [0.2, 0.25) is 0 Å². The zero-order chi connectivity index (χ0) is 17.4. The van der Waals surface area contributed by atoms with Gasteiger partial charge < -0.3 is 14.6 Å². The Morgan fingerprint density at radius 1 is 1.38 bits per heavy atom. The summed E-state index contributed by atoms with van der Waals surface area (Å²) in [6.45, 7) is 1.57. The molecule has 2 aromatic heterocycles. The highest BCUT2D eigenvalue weighted by atomic mass is 32.1. The van der Waals surface area contributed by atoms with Crippen LogP contribution in [0.15, 0.2) is 21.3 Å². The minimum Gasteiger partial charge on any atom is -0.456 e. The van der Waals surface area contributed by atoms with Crippen molar-refractivity contribution in [3.8, 4) is 11.4 Å². The van der Waals surface area contributed by atoms with Gasteiger partial charge in [0.2, 0.25) is 11.7 Å². The fraction of sp³-hybridized carbons (Fsp3) is 0.357. The number of hydrogen-bond acceptors (Lipinski definition) is 8. The van der Waals surface area contributed by atoms with Crippen molar-refractivity contribution in [1.82, 2.24) is 20.8 Å². The van der Waals surface area contributed by atoms with Gasteiger partial charge in [-0.2, -0.15) is 16.3 Å². The van der Waals surface area contributed by atoms with E-state index < -0.39 is 24.5 Å². The molecular weight excluding hydrogens is 336 g/mol. The Balaban J connectivity index is 1.70. The predicted molar refractivity (Wildman–Crippen MR) is 84.1 cm³/mol. The van der Waals surface area contributed by atoms with E-state index in [1.807, 2.05) is 22.1 Å². The van der Waals surface area contributed by atoms with E-state index >= 15 is 0 Å². The summed E-state index contributed by atoms with van der Waals surface area (Å²) in [5.74, 6) is -0.538. The fourth-order valence-corrected chi connectivity index (χ4v) is 2.29. The Bertz CT molecular complexity index is 698. The van der Waals surface area contributed by atoms with E-state index in [1.54, 1.807) is 6.92 Å². The first kappa shape index (κ1) is 17.6. The van der Waals surface area contributed by atoms with Crippen LogP contribution in [-0.2, 0) is 20.7 Å². The first-order valence-corrected chi connectivity index (χ1v) is 8.11. The number of nitrogens with one attached hydrogen (secondary N) is 2. The molecule has 0 spiro atoms. The highest BCUT2D eigenvalue weighted by molar-refractivity contribution is 7.08. The van der Waals surface area contributed by atoms with Gasteiger partial charge >= 0.3 is 12.0 Å². The van der Waals surface area contributed by atoms with Crippen molar-refractivity contribution in [3.05, 3.63) is 22.7 Å². The molecule has 10 heteroatoms. The average molecular weight is 352 g/mol. The molecule has 0 radical (unpaired) electrons. The summed E-state index contributed by atoms with van der Waals surface area (Å²) >= 11 is 1.52. The van der Waals surface area contributed by atoms with Crippen molar-refractivity contribution in [2.45, 2.75) is 19.8 Å². The van der Waals surface area contributed by atoms with Crippen LogP contribution in [0.5, 0.6) is 0 Å². The van der Waals surface area contributed by atoms with Gasteiger partial charge in [0, 0.05) is 23.9 Å². The molecule has 128 valence electrons. The summed E-state index contributed by atoms with van der Waals surface area (Å²) in [7, 11) is 0. The van der Waals surface area contributed by atoms with E-state index in [0.717, 1.165) is 5.56 Å². The molecule has 0 aromatic carbocycles. The zero-order valence-corrected chi connectivity index (χ0v) is 13.7. The molecule has 2 aromatic rings. The molecule has 9 nitrogen and oxygen atoms in total. The molecule has 0 bridgehead atoms. The summed E-state index contributed by atoms with van der Waals surface area (Å²) in [6, 6.07) is 1.23. The van der Waals surface area contributed by atoms with Crippen LogP contribution >= 0.6 is 11.3 Å². The minimum absolute atomic E-state index is 0.0142. The maximum atomic E-state index is 11.6. The van der Waals surface area contributed by atoms with Gasteiger partial charge in [-0.05, 0) is 18.4 Å². The van der Waals surface area contributed by atoms with E-state index in [1.165, 1.54) is 11.3 Å². The topological polar surface area (TPSA) is 123 Å². The minimum atomic E-state index is -0.702. The largest absolute Gasteiger partial charge is 0.456 e. The number of ether oxygens (including phenoxy) is 1. The van der Waals surface area contributed by atoms with Gasteiger partial charge in [-0.15, -0.1) is 0 Å². The van der Waals surface area contributed by atoms with Gasteiger partial charge in [-0.3, -0.25) is 14.9 Å². The van der Waals surface area contributed by atoms with Gasteiger partial charge in [0.1, 0.15) is 0 Å². The SMILES string of the molecule is CCNC(=O)NC(=O)COC(=O)CCc1nc(-c2ccsc2)no1. The number of rotatable bonds is 7. The van der Waals surface area contributed by atoms with Crippen LogP contribution in [0.1, 0.15) is 19.2 Å². The van der Waals surface area contributed by atoms with Gasteiger partial charge in [0.05, 0.1) is 6.42 Å². The van der Waals surface area contributed by atoms with Crippen molar-refractivity contribution >= 4 is 29.2 Å². The van der Waals surface area contributed by atoms with Gasteiger partial charge in [-0.1, -0.05) is 5.16 Å². The molecule has 0 saturated carbocycles. The molecule has 2 N–H and O–H groups in total. The molecular formula is C14H16N4O5S. The lowest BCUT2D eigenvalue weighted by molar-refractivity contribution is -0.148. The number of nitrogens with zero attached hydrogens (tertiary/aromatic N) is 2. The first-order valence-electron chi connectivity index (χ1n) is 7.17. The molecule has 0 fully saturated rings. The zero-order valence-electron chi connectivity index (χ0n) is 12.9. The van der Waals surface area contributed by atoms with E-state index in [-0.39, 0.29) is 12.8 Å². The Hall–Kier alpha value is -2.75. The summed E-state index contributed by atoms with van der Waals surface area (Å²) in [5, 5.41) is 12.0. The first-order chi connectivity index (χ1) is 11.6. The van der Waals surface area contributed by atoms with E-state index in [9.17, 15) is 14.4 Å². The van der Waals surface area contributed by atoms with Crippen molar-refractivity contribution in [2.24, 2.45) is 0 Å². The Labute approximate surface area is 141 Å². The standard InChI is InChI=1S/C14H16N4O5S/c1-2-15-14(21)16-10(19)7-22-12(20)4-3-11-17-13(18-23-11)9-5-6-24-8-9/h5-6,8H,2-4,7H2,1H3,(H2,15,16,19,21). The second-order valence-corrected chi connectivity index (χ2v) is 5.37. The van der Waals surface area contributed by atoms with Crippen molar-refractivity contribution in [3.63, 3.8) is 0 Å². The number of carbonyl (C=O) groups is 3. The molecule has 0 atom stereocenters. The number of aryl methyl sites for hydroxylation is 1. The summed E-state index contributed by atoms with van der Waals surface area (Å²) in [4.78, 5) is 38.2. The Morgan fingerprint density at radius 2 is 2.21 bits per heavy atom. The number of hydrogen-bond donors (Lipinski definition) is 2. The highest BCUT2D eigenvalue weighted by Gasteiger charge is 2.13. The summed E-state index contributed by atoms with van der Waals surface area (Å²) in [5.41, 5.74) is 0.847. The third-order valence-electron chi connectivity index (χ3n) is 2.74. The van der Waals surface area contributed by atoms with Crippen LogP contribution in [0.25, 0.3) is 11.4 Å². The monoisotopic (exact) mass is 352 g/mol. The number of esters is 1. The molecule has 0 saturated heterocycles. The second kappa shape index (κ2) is 8.77. The van der Waals surface area contributed by atoms with Crippen LogP contribution in [0.3, 0.4) is 0 Å². The number of thiophene rings is 1. The number of imide groups is 1. The molecule has 0 unspecified atom stereocenters. The third kappa shape index (κ3) is 5.47. The molecule has 0 aliphatic carbocycles. The van der Waals surface area contributed by atoms with Crippen LogP contribution < -0.4 is 10.6 Å². The summed E-state index contributed by atoms with van der Waals surface area (Å²) in [6.07, 6.45) is 0.188. The van der Waals surface area contributed by atoms with E-state index in [2.05, 4.69) is 15.5 Å². The number of carbonyl (C=O) groups excluding carboxylic acids is 3. The van der Waals surface area contributed by atoms with Crippen LogP contribution in [-0.4, -0.2) is 41.2 Å². The maximum Gasteiger partial charge on any atom is 0.321 e. The number of urea groups is 1. The smallest absolute Gasteiger partial charge is 0.321 e. The summed E-state index contributed by atoms with van der Waals surface area (Å²) < 4.78 is 9.81. The lowest BCUT2D eigenvalue weighted by atomic mass is 10.3. The van der Waals surface area contributed by atoms with Crippen LogP contribution in [0, 0.1) is 0 Å². The van der Waals surface area contributed by atoms with Crippen molar-refractivity contribution in [2.75, 3.05) is 13.2 Å². The lowest BCUT2D eigenvalue weighted by Gasteiger charge is -2.05. The van der Waals surface area contributed by atoms with Gasteiger partial charge in [0.25, 0.3) is 5.91 Å². The normalized spacial score (nSPS) is 10.2. The maximum absolute atomic E-state index is 11.6. The van der Waals surface area contributed by atoms with Crippen molar-refractivity contribution < 1.29 is 23.6 Å². The van der Waals surface area contributed by atoms with Crippen LogP contribution in [0.4, 0.5) is 4.79 Å². The van der Waals surface area contributed by atoms with E-state index in [0.29, 0.717) is 18.3 Å². The number of aromatic nitrogens is 2. The Morgan fingerprint density at radius 3 is 2.92 bits per heavy atom. The van der Waals surface area contributed by atoms with Gasteiger partial charge in [-0.25, -0.2) is 4.79 Å². The molecule has 0 aliphatic heterocycles. The Kier molecular flexibility index (Phi) is 6.43. The highest BCUT2D eigenvalue weighted by Crippen LogP contribution is 2.18. The van der Waals surface area contributed by atoms with E-state index in [4.69, 9.17) is 9.26 Å². The third-order valence-corrected chi connectivity index (χ3v) is 3.43. The number of amides is 3. The fourth-order valence-electron chi connectivity index (χ4n) is 1.66. The van der Waals surface area contributed by atoms with Crippen molar-refractivity contribution in [1.29, 1.82) is 0 Å². The molecule has 2 heterocycles. The second-order valence-electron chi connectivity index (χ2n) is 4.59. The molecule has 0 aliphatic rings. The molecule has 24 heavy (non-hydrogen) atoms. The molecule has 3 amide bonds. The predicted octanol–water partition coefficient (Wildman–Crippen LogP) is 1.12. The molecule has 2 rings (SSSR count).